The normalized spacial score (nSPS) is 15.4. The molecule has 0 saturated carbocycles. The molecule has 3 rings (SSSR count). The van der Waals surface area contributed by atoms with E-state index in [0.717, 1.165) is 31.4 Å². The first kappa shape index (κ1) is 24.1. The van der Waals surface area contributed by atoms with Gasteiger partial charge in [-0.3, -0.25) is 4.79 Å². The van der Waals surface area contributed by atoms with E-state index in [-0.39, 0.29) is 16.1 Å². The summed E-state index contributed by atoms with van der Waals surface area (Å²) < 4.78 is 67.0. The maximum Gasteiger partial charge on any atom is 0.416 e. The number of carbonyl (C=O) groups is 1. The smallest absolute Gasteiger partial charge is 0.376 e. The SMILES string of the molecule is Cc1ccc(S(=O)(=O)N2CCCCC2)cc1C(=O)Nc1cc(C(F)(F)F)ccc1N(C)C. The van der Waals surface area contributed by atoms with Crippen LogP contribution in [0.25, 0.3) is 0 Å². The summed E-state index contributed by atoms with van der Waals surface area (Å²) in [4.78, 5) is 14.6. The molecule has 0 atom stereocenters. The van der Waals surface area contributed by atoms with E-state index >= 15 is 0 Å². The van der Waals surface area contributed by atoms with E-state index < -0.39 is 27.7 Å². The number of hydrogen-bond acceptors (Lipinski definition) is 4. The van der Waals surface area contributed by atoms with Crippen LogP contribution in [0.2, 0.25) is 0 Å². The summed E-state index contributed by atoms with van der Waals surface area (Å²) in [7, 11) is -0.463. The number of benzene rings is 2. The van der Waals surface area contributed by atoms with Gasteiger partial charge in [-0.2, -0.15) is 17.5 Å². The highest BCUT2D eigenvalue weighted by molar-refractivity contribution is 7.89. The van der Waals surface area contributed by atoms with Crippen molar-refractivity contribution in [2.75, 3.05) is 37.4 Å². The number of aryl methyl sites for hydroxylation is 1. The maximum atomic E-state index is 13.2. The summed E-state index contributed by atoms with van der Waals surface area (Å²) in [5, 5.41) is 2.53. The molecular weight excluding hydrogens is 443 g/mol. The highest BCUT2D eigenvalue weighted by Gasteiger charge is 2.32. The second-order valence-corrected chi connectivity index (χ2v) is 9.96. The quantitative estimate of drug-likeness (QED) is 0.700. The first-order valence-electron chi connectivity index (χ1n) is 10.2. The van der Waals surface area contributed by atoms with E-state index in [9.17, 15) is 26.4 Å². The topological polar surface area (TPSA) is 69.7 Å². The van der Waals surface area contributed by atoms with Gasteiger partial charge in [-0.1, -0.05) is 12.5 Å². The Morgan fingerprint density at radius 2 is 1.69 bits per heavy atom. The fourth-order valence-corrected chi connectivity index (χ4v) is 5.20. The van der Waals surface area contributed by atoms with Gasteiger partial charge in [-0.05, 0) is 55.7 Å². The number of halogens is 3. The number of amides is 1. The first-order valence-corrected chi connectivity index (χ1v) is 11.7. The van der Waals surface area contributed by atoms with E-state index in [1.54, 1.807) is 25.9 Å². The lowest BCUT2D eigenvalue weighted by Crippen LogP contribution is -2.35. The highest BCUT2D eigenvalue weighted by atomic mass is 32.2. The summed E-state index contributed by atoms with van der Waals surface area (Å²) >= 11 is 0. The lowest BCUT2D eigenvalue weighted by Gasteiger charge is -2.26. The van der Waals surface area contributed by atoms with Gasteiger partial charge in [0.15, 0.2) is 0 Å². The Morgan fingerprint density at radius 3 is 2.28 bits per heavy atom. The monoisotopic (exact) mass is 469 g/mol. The fraction of sp³-hybridized carbons (Fsp3) is 0.409. The zero-order valence-corrected chi connectivity index (χ0v) is 19.0. The number of sulfonamides is 1. The Morgan fingerprint density at radius 1 is 1.03 bits per heavy atom. The van der Waals surface area contributed by atoms with Gasteiger partial charge >= 0.3 is 6.18 Å². The van der Waals surface area contributed by atoms with Gasteiger partial charge in [0.25, 0.3) is 5.91 Å². The largest absolute Gasteiger partial charge is 0.416 e. The molecule has 1 aliphatic rings. The minimum atomic E-state index is -4.57. The summed E-state index contributed by atoms with van der Waals surface area (Å²) in [6.45, 7) is 2.49. The van der Waals surface area contributed by atoms with Crippen LogP contribution in [0.15, 0.2) is 41.3 Å². The van der Waals surface area contributed by atoms with Crippen LogP contribution in [-0.4, -0.2) is 45.8 Å². The van der Waals surface area contributed by atoms with Gasteiger partial charge in [-0.15, -0.1) is 0 Å². The molecule has 1 fully saturated rings. The lowest BCUT2D eigenvalue weighted by molar-refractivity contribution is -0.137. The second-order valence-electron chi connectivity index (χ2n) is 8.02. The molecule has 2 aromatic carbocycles. The van der Waals surface area contributed by atoms with Gasteiger partial charge in [0.1, 0.15) is 0 Å². The molecule has 0 aromatic heterocycles. The van der Waals surface area contributed by atoms with Crippen LogP contribution in [-0.2, 0) is 16.2 Å². The van der Waals surface area contributed by atoms with Crippen molar-refractivity contribution < 1.29 is 26.4 Å². The van der Waals surface area contributed by atoms with E-state index in [1.165, 1.54) is 28.6 Å². The molecule has 1 saturated heterocycles. The molecule has 174 valence electrons. The van der Waals surface area contributed by atoms with E-state index in [1.807, 2.05) is 0 Å². The number of nitrogens with zero attached hydrogens (tertiary/aromatic N) is 2. The summed E-state index contributed by atoms with van der Waals surface area (Å²) in [5.41, 5.74) is 0.0832. The Bertz CT molecular complexity index is 1110. The predicted octanol–water partition coefficient (Wildman–Crippen LogP) is 4.51. The van der Waals surface area contributed by atoms with Crippen molar-refractivity contribution in [1.82, 2.24) is 4.31 Å². The molecule has 1 heterocycles. The molecule has 0 bridgehead atoms. The van der Waals surface area contributed by atoms with Gasteiger partial charge in [0.05, 0.1) is 21.8 Å². The van der Waals surface area contributed by atoms with Gasteiger partial charge < -0.3 is 10.2 Å². The van der Waals surface area contributed by atoms with Gasteiger partial charge in [0.2, 0.25) is 10.0 Å². The van der Waals surface area contributed by atoms with E-state index in [2.05, 4.69) is 5.32 Å². The zero-order valence-electron chi connectivity index (χ0n) is 18.2. The van der Waals surface area contributed by atoms with Crippen LogP contribution in [0.5, 0.6) is 0 Å². The molecule has 0 aliphatic carbocycles. The average Bonchev–Trinajstić information content (AvgIpc) is 2.73. The fourth-order valence-electron chi connectivity index (χ4n) is 3.65. The average molecular weight is 470 g/mol. The van der Waals surface area contributed by atoms with E-state index in [0.29, 0.717) is 24.3 Å². The number of anilines is 2. The lowest BCUT2D eigenvalue weighted by atomic mass is 10.1. The third kappa shape index (κ3) is 5.07. The van der Waals surface area contributed by atoms with Crippen LogP contribution >= 0.6 is 0 Å². The first-order chi connectivity index (χ1) is 14.9. The zero-order chi connectivity index (χ0) is 23.7. The number of nitrogens with one attached hydrogen (secondary N) is 1. The molecule has 1 aliphatic heterocycles. The number of carbonyl (C=O) groups excluding carboxylic acids is 1. The maximum absolute atomic E-state index is 13.2. The van der Waals surface area contributed by atoms with Crippen molar-refractivity contribution in [2.45, 2.75) is 37.3 Å². The van der Waals surface area contributed by atoms with Gasteiger partial charge in [0, 0.05) is 32.7 Å². The summed E-state index contributed by atoms with van der Waals surface area (Å²) in [6.07, 6.45) is -2.04. The van der Waals surface area contributed by atoms with Crippen molar-refractivity contribution in [3.05, 3.63) is 53.1 Å². The molecule has 10 heteroatoms. The Kier molecular flexibility index (Phi) is 6.85. The number of alkyl halides is 3. The van der Waals surface area contributed by atoms with Crippen LogP contribution in [0, 0.1) is 6.92 Å². The van der Waals surface area contributed by atoms with E-state index in [4.69, 9.17) is 0 Å². The van der Waals surface area contributed by atoms with Crippen LogP contribution in [0.3, 0.4) is 0 Å². The van der Waals surface area contributed by atoms with Crippen molar-refractivity contribution in [3.63, 3.8) is 0 Å². The van der Waals surface area contributed by atoms with Crippen LogP contribution in [0.1, 0.15) is 40.7 Å². The Labute approximate surface area is 186 Å². The van der Waals surface area contributed by atoms with Crippen LogP contribution in [0.4, 0.5) is 24.5 Å². The third-order valence-electron chi connectivity index (χ3n) is 5.46. The van der Waals surface area contributed by atoms with Gasteiger partial charge in [-0.25, -0.2) is 8.42 Å². The van der Waals surface area contributed by atoms with Crippen molar-refractivity contribution >= 4 is 27.3 Å². The van der Waals surface area contributed by atoms with Crippen LogP contribution < -0.4 is 10.2 Å². The minimum absolute atomic E-state index is 0.00738. The second kappa shape index (κ2) is 9.11. The molecule has 0 unspecified atom stereocenters. The molecular formula is C22H26F3N3O3S. The molecule has 1 amide bonds. The number of hydrogen-bond donors (Lipinski definition) is 1. The predicted molar refractivity (Wildman–Crippen MR) is 118 cm³/mol. The van der Waals surface area contributed by atoms with Crippen molar-refractivity contribution in [2.24, 2.45) is 0 Å². The summed E-state index contributed by atoms with van der Waals surface area (Å²) in [5.74, 6) is -0.680. The molecule has 0 spiro atoms. The Hall–Kier alpha value is -2.59. The Balaban J connectivity index is 1.96. The third-order valence-corrected chi connectivity index (χ3v) is 7.35. The minimum Gasteiger partial charge on any atom is -0.376 e. The van der Waals surface area contributed by atoms with Crippen molar-refractivity contribution in [1.29, 1.82) is 0 Å². The van der Waals surface area contributed by atoms with Crippen molar-refractivity contribution in [3.8, 4) is 0 Å². The molecule has 32 heavy (non-hydrogen) atoms. The highest BCUT2D eigenvalue weighted by Crippen LogP contribution is 2.35. The number of piperidine rings is 1. The molecule has 2 aromatic rings. The summed E-state index contributed by atoms with van der Waals surface area (Å²) in [6, 6.07) is 7.37. The molecule has 0 radical (unpaired) electrons. The molecule has 1 N–H and O–H groups in total. The standard InChI is InChI=1S/C22H26F3N3O3S/c1-15-7-9-17(32(30,31)28-11-5-4-6-12-28)14-18(15)21(29)26-19-13-16(22(23,24)25)8-10-20(19)27(2)3/h7-10,13-14H,4-6,11-12H2,1-3H3,(H,26,29). The molecule has 6 nitrogen and oxygen atoms in total. The number of rotatable bonds is 5.